The predicted molar refractivity (Wildman–Crippen MR) is 201 cm³/mol. The molecule has 310 valence electrons. The lowest BCUT2D eigenvalue weighted by Crippen LogP contribution is -2.56. The van der Waals surface area contributed by atoms with Crippen LogP contribution in [-0.2, 0) is 42.9 Å². The summed E-state index contributed by atoms with van der Waals surface area (Å²) in [6.07, 6.45) is 1.62. The zero-order valence-electron chi connectivity index (χ0n) is 34.3. The van der Waals surface area contributed by atoms with Crippen molar-refractivity contribution in [2.75, 3.05) is 46.6 Å². The van der Waals surface area contributed by atoms with Crippen LogP contribution in [0.3, 0.4) is 0 Å². The summed E-state index contributed by atoms with van der Waals surface area (Å²) in [4.78, 5) is 77.5. The van der Waals surface area contributed by atoms with E-state index in [4.69, 9.17) is 23.7 Å². The van der Waals surface area contributed by atoms with E-state index in [-0.39, 0.29) is 66.8 Å². The number of nitrogens with zero attached hydrogens (tertiary/aromatic N) is 2. The van der Waals surface area contributed by atoms with Gasteiger partial charge in [0.2, 0.25) is 11.8 Å². The number of hydrogen-bond donors (Lipinski definition) is 3. The Balaban J connectivity index is 0.000000296. The van der Waals surface area contributed by atoms with Gasteiger partial charge in [-0.2, -0.15) is 0 Å². The molecule has 4 rings (SSSR count). The van der Waals surface area contributed by atoms with Crippen molar-refractivity contribution in [3.63, 3.8) is 0 Å². The molecule has 55 heavy (non-hydrogen) atoms. The maximum Gasteiger partial charge on any atom is 0.408 e. The van der Waals surface area contributed by atoms with Crippen LogP contribution in [0.25, 0.3) is 0 Å². The highest BCUT2D eigenvalue weighted by Gasteiger charge is 2.71. The molecule has 4 amide bonds. The number of carboxylic acids is 1. The second-order valence-corrected chi connectivity index (χ2v) is 17.7. The third-order valence-corrected chi connectivity index (χ3v) is 10.7. The van der Waals surface area contributed by atoms with Crippen molar-refractivity contribution < 1.29 is 57.6 Å². The first kappa shape index (κ1) is 45.2. The summed E-state index contributed by atoms with van der Waals surface area (Å²) in [5, 5.41) is 14.7. The molecule has 0 aromatic rings. The number of hydrogen-bond acceptors (Lipinski definition) is 11. The first-order valence-corrected chi connectivity index (χ1v) is 18.6. The number of methoxy groups -OCH3 is 1. The number of piperidine rings is 2. The van der Waals surface area contributed by atoms with Crippen molar-refractivity contribution in [2.24, 2.45) is 34.5 Å². The van der Waals surface area contributed by atoms with Crippen molar-refractivity contribution in [2.45, 2.75) is 105 Å². The van der Waals surface area contributed by atoms with Crippen LogP contribution in [0, 0.1) is 34.5 Å². The molecule has 2 heterocycles. The largest absolute Gasteiger partial charge is 0.480 e. The Morgan fingerprint density at radius 2 is 1.09 bits per heavy atom. The van der Waals surface area contributed by atoms with Gasteiger partial charge in [0, 0.05) is 24.9 Å². The molecule has 2 saturated heterocycles. The maximum absolute atomic E-state index is 13.2. The topological polar surface area (TPSA) is 199 Å². The summed E-state index contributed by atoms with van der Waals surface area (Å²) in [7, 11) is 1.32. The van der Waals surface area contributed by atoms with Gasteiger partial charge in [0.1, 0.15) is 35.4 Å². The number of fused-ring (bicyclic) bond motifs is 2. The Morgan fingerprint density at radius 3 is 1.42 bits per heavy atom. The molecule has 16 heteroatoms. The SMILES string of the molecule is C=CCOC[C@H](NC(=O)OC(C)(C)C)C(=O)N1C[C@H]2[C@@H]([C@H]1C(=O)O)C2(C)C.C=CCOC[C@H](NC(=O)OC(C)(C)C)C(=O)N1C[C@H]2[C@@H]([C@H]1C(=O)OC)C2(C)C. The molecular weight excluding hydrogens is 716 g/mol. The molecule has 0 unspecified atom stereocenters. The lowest BCUT2D eigenvalue weighted by atomic mass is 10.0. The second kappa shape index (κ2) is 17.3. The Kier molecular flexibility index (Phi) is 14.2. The fraction of sp³-hybridized carbons (Fsp3) is 0.744. The number of amides is 4. The van der Waals surface area contributed by atoms with Gasteiger partial charge in [-0.3, -0.25) is 9.59 Å². The summed E-state index contributed by atoms with van der Waals surface area (Å²) < 4.78 is 26.2. The number of carbonyl (C=O) groups is 6. The van der Waals surface area contributed by atoms with Crippen LogP contribution in [0.5, 0.6) is 0 Å². The van der Waals surface area contributed by atoms with Gasteiger partial charge in [-0.15, -0.1) is 13.2 Å². The summed E-state index contributed by atoms with van der Waals surface area (Å²) in [6, 6.07) is -3.54. The molecule has 16 nitrogen and oxygen atoms in total. The minimum atomic E-state index is -1.03. The van der Waals surface area contributed by atoms with Crippen LogP contribution in [0.1, 0.15) is 69.2 Å². The van der Waals surface area contributed by atoms with E-state index in [1.165, 1.54) is 23.0 Å². The number of ether oxygens (including phenoxy) is 5. The smallest absolute Gasteiger partial charge is 0.408 e. The van der Waals surface area contributed by atoms with Gasteiger partial charge in [-0.1, -0.05) is 39.8 Å². The molecule has 4 aliphatic rings. The van der Waals surface area contributed by atoms with E-state index >= 15 is 0 Å². The fourth-order valence-corrected chi connectivity index (χ4v) is 7.89. The van der Waals surface area contributed by atoms with E-state index in [0.29, 0.717) is 13.1 Å². The maximum atomic E-state index is 13.2. The van der Waals surface area contributed by atoms with Crippen LogP contribution < -0.4 is 10.6 Å². The monoisotopic (exact) mass is 778 g/mol. The molecule has 2 aliphatic heterocycles. The summed E-state index contributed by atoms with van der Waals surface area (Å²) in [5.74, 6) is -1.95. The van der Waals surface area contributed by atoms with Crippen molar-refractivity contribution in [1.82, 2.24) is 20.4 Å². The van der Waals surface area contributed by atoms with E-state index in [0.717, 1.165) is 0 Å². The zero-order chi connectivity index (χ0) is 41.8. The van der Waals surface area contributed by atoms with E-state index in [1.807, 2.05) is 13.8 Å². The summed E-state index contributed by atoms with van der Waals surface area (Å²) in [6.45, 7) is 26.8. The highest BCUT2D eigenvalue weighted by Crippen LogP contribution is 2.65. The standard InChI is InChI=1S/C20H32N2O6.C19H30N2O6/c1-8-9-27-11-13(21-18(25)28-19(2,3)4)16(23)22-10-12-14(20(12,5)6)15(22)17(24)26-7;1-7-8-26-10-12(20-17(25)27-18(2,3)4)15(22)21-9-11-13(19(11,5)6)14(21)16(23)24/h8,12-15H,1,9-11H2,2-7H3,(H,21,25);7,11-14H,1,8-10H2,2-6H3,(H,20,25)(H,23,24)/t12-,13-,14-,15-;11-,12-,13-,14-/m00/s1. The third kappa shape index (κ3) is 11.0. The van der Waals surface area contributed by atoms with E-state index < -0.39 is 65.4 Å². The molecule has 0 bridgehead atoms. The number of alkyl carbamates (subject to hydrolysis) is 2. The van der Waals surface area contributed by atoms with Crippen molar-refractivity contribution in [1.29, 1.82) is 0 Å². The number of aliphatic carboxylic acids is 1. The molecule has 2 saturated carbocycles. The fourth-order valence-electron chi connectivity index (χ4n) is 7.89. The lowest BCUT2D eigenvalue weighted by Gasteiger charge is -2.32. The third-order valence-electron chi connectivity index (χ3n) is 10.7. The molecule has 0 radical (unpaired) electrons. The Morgan fingerprint density at radius 1 is 0.727 bits per heavy atom. The van der Waals surface area contributed by atoms with Crippen LogP contribution in [0.15, 0.2) is 25.3 Å². The summed E-state index contributed by atoms with van der Waals surface area (Å²) in [5.41, 5.74) is -1.52. The lowest BCUT2D eigenvalue weighted by molar-refractivity contribution is -0.154. The highest BCUT2D eigenvalue weighted by atomic mass is 16.6. The van der Waals surface area contributed by atoms with Crippen molar-refractivity contribution >= 4 is 35.9 Å². The molecule has 0 spiro atoms. The molecule has 0 aromatic heterocycles. The van der Waals surface area contributed by atoms with Crippen LogP contribution in [0.4, 0.5) is 9.59 Å². The van der Waals surface area contributed by atoms with Gasteiger partial charge in [0.05, 0.1) is 33.5 Å². The highest BCUT2D eigenvalue weighted by molar-refractivity contribution is 5.92. The molecule has 2 aliphatic carbocycles. The molecule has 8 atom stereocenters. The number of likely N-dealkylation sites (tertiary alicyclic amines) is 2. The summed E-state index contributed by atoms with van der Waals surface area (Å²) >= 11 is 0. The minimum absolute atomic E-state index is 0.0108. The average molecular weight is 779 g/mol. The number of nitrogens with one attached hydrogen (secondary N) is 2. The van der Waals surface area contributed by atoms with Gasteiger partial charge in [-0.25, -0.2) is 19.2 Å². The van der Waals surface area contributed by atoms with Gasteiger partial charge >= 0.3 is 24.1 Å². The van der Waals surface area contributed by atoms with Crippen LogP contribution in [0.2, 0.25) is 0 Å². The van der Waals surface area contributed by atoms with Crippen LogP contribution >= 0.6 is 0 Å². The predicted octanol–water partition coefficient (Wildman–Crippen LogP) is 3.39. The number of rotatable bonds is 14. The van der Waals surface area contributed by atoms with Gasteiger partial charge < -0.3 is 49.2 Å². The Labute approximate surface area is 324 Å². The quantitative estimate of drug-likeness (QED) is 0.101. The average Bonchev–Trinajstić information content (AvgIpc) is 3.53. The van der Waals surface area contributed by atoms with Crippen molar-refractivity contribution in [3.8, 4) is 0 Å². The van der Waals surface area contributed by atoms with E-state index in [2.05, 4.69) is 37.6 Å². The van der Waals surface area contributed by atoms with Crippen molar-refractivity contribution in [3.05, 3.63) is 25.3 Å². The Bertz CT molecular complexity index is 1480. The van der Waals surface area contributed by atoms with Crippen LogP contribution in [-0.4, -0.2) is 133 Å². The number of esters is 1. The molecule has 4 fully saturated rings. The number of carbonyl (C=O) groups excluding carboxylic acids is 5. The van der Waals surface area contributed by atoms with Gasteiger partial charge in [0.15, 0.2) is 0 Å². The van der Waals surface area contributed by atoms with E-state index in [1.54, 1.807) is 47.6 Å². The molecular formula is C39H62N4O12. The number of carboxylic acid groups (broad SMARTS) is 1. The molecule has 3 N–H and O–H groups in total. The van der Waals surface area contributed by atoms with Gasteiger partial charge in [-0.05, 0) is 64.2 Å². The normalized spacial score (nSPS) is 26.4. The molecule has 0 aromatic carbocycles. The van der Waals surface area contributed by atoms with E-state index in [9.17, 15) is 33.9 Å². The second-order valence-electron chi connectivity index (χ2n) is 17.7. The van der Waals surface area contributed by atoms with Gasteiger partial charge in [0.25, 0.3) is 0 Å². The minimum Gasteiger partial charge on any atom is -0.480 e. The first-order valence-electron chi connectivity index (χ1n) is 18.6. The Hall–Kier alpha value is -4.18. The zero-order valence-corrected chi connectivity index (χ0v) is 34.3. The first-order chi connectivity index (χ1) is 25.3.